The van der Waals surface area contributed by atoms with E-state index in [0.717, 1.165) is 26.2 Å². The lowest BCUT2D eigenvalue weighted by molar-refractivity contribution is -0.274. The van der Waals surface area contributed by atoms with Crippen LogP contribution in [-0.4, -0.2) is 67.9 Å². The van der Waals surface area contributed by atoms with E-state index >= 15 is 0 Å². The van der Waals surface area contributed by atoms with Crippen LogP contribution in [0.1, 0.15) is 6.92 Å². The number of likely N-dealkylation sites (N-methyl/N-ethyl adjacent to an activating group) is 1. The van der Waals surface area contributed by atoms with Crippen molar-refractivity contribution in [2.75, 3.05) is 45.1 Å². The summed E-state index contributed by atoms with van der Waals surface area (Å²) in [7, 11) is 2.09. The molecule has 0 aliphatic carbocycles. The van der Waals surface area contributed by atoms with Gasteiger partial charge in [-0.15, -0.1) is 13.2 Å². The Bertz CT molecular complexity index is 585. The molecule has 140 valence electrons. The number of halogens is 3. The van der Waals surface area contributed by atoms with Crippen molar-refractivity contribution in [3.8, 4) is 5.75 Å². The fourth-order valence-corrected chi connectivity index (χ4v) is 2.57. The molecule has 0 aromatic heterocycles. The van der Waals surface area contributed by atoms with Crippen LogP contribution in [-0.2, 0) is 0 Å². The fraction of sp³-hybridized carbons (Fsp3) is 0.562. The third-order valence-electron chi connectivity index (χ3n) is 4.06. The topological polar surface area (TPSA) is 66.1 Å². The number of benzene rings is 1. The third-order valence-corrected chi connectivity index (χ3v) is 4.06. The number of aliphatic imine (C=N–C) groups is 1. The van der Waals surface area contributed by atoms with E-state index < -0.39 is 6.36 Å². The Kier molecular flexibility index (Phi) is 6.49. The number of alkyl halides is 3. The second-order valence-electron chi connectivity index (χ2n) is 6.08. The van der Waals surface area contributed by atoms with Gasteiger partial charge < -0.3 is 20.7 Å². The van der Waals surface area contributed by atoms with E-state index in [0.29, 0.717) is 6.54 Å². The van der Waals surface area contributed by atoms with Crippen LogP contribution in [0.2, 0.25) is 0 Å². The number of rotatable bonds is 5. The molecule has 1 aromatic rings. The minimum atomic E-state index is -4.76. The summed E-state index contributed by atoms with van der Waals surface area (Å²) >= 11 is 0. The van der Waals surface area contributed by atoms with Gasteiger partial charge in [0.05, 0.1) is 12.2 Å². The molecule has 1 aliphatic rings. The number of nitrogens with zero attached hydrogens (tertiary/aromatic N) is 3. The Labute approximate surface area is 145 Å². The molecule has 1 saturated heterocycles. The molecule has 3 N–H and O–H groups in total. The molecule has 1 aromatic carbocycles. The number of ether oxygens (including phenoxy) is 1. The molecule has 9 heteroatoms. The van der Waals surface area contributed by atoms with Gasteiger partial charge in [-0.05, 0) is 26.1 Å². The van der Waals surface area contributed by atoms with Gasteiger partial charge in [-0.3, -0.25) is 9.89 Å². The number of hydrogen-bond acceptors (Lipinski definition) is 4. The first-order valence-electron chi connectivity index (χ1n) is 8.09. The summed E-state index contributed by atoms with van der Waals surface area (Å²) < 4.78 is 41.3. The quantitative estimate of drug-likeness (QED) is 0.621. The highest BCUT2D eigenvalue weighted by molar-refractivity contribution is 5.93. The normalized spacial score (nSPS) is 18.8. The highest BCUT2D eigenvalue weighted by atomic mass is 19.4. The largest absolute Gasteiger partial charge is 0.573 e. The first-order chi connectivity index (χ1) is 11.7. The van der Waals surface area contributed by atoms with Crippen molar-refractivity contribution >= 4 is 11.6 Å². The molecule has 1 fully saturated rings. The molecule has 1 unspecified atom stereocenters. The molecule has 25 heavy (non-hydrogen) atoms. The first-order valence-corrected chi connectivity index (χ1v) is 8.09. The molecule has 2 rings (SSSR count). The van der Waals surface area contributed by atoms with Gasteiger partial charge in [0.25, 0.3) is 0 Å². The van der Waals surface area contributed by atoms with Crippen molar-refractivity contribution < 1.29 is 17.9 Å². The number of guanidine groups is 1. The van der Waals surface area contributed by atoms with Crippen LogP contribution in [0.5, 0.6) is 5.75 Å². The fourth-order valence-electron chi connectivity index (χ4n) is 2.57. The van der Waals surface area contributed by atoms with E-state index in [1.807, 2.05) is 0 Å². The Hall–Kier alpha value is -2.00. The molecule has 0 bridgehead atoms. The lowest BCUT2D eigenvalue weighted by Crippen LogP contribution is -2.49. The number of nitrogens with two attached hydrogens (primary N) is 1. The van der Waals surface area contributed by atoms with Crippen LogP contribution < -0.4 is 15.8 Å². The van der Waals surface area contributed by atoms with Crippen LogP contribution in [0.25, 0.3) is 0 Å². The van der Waals surface area contributed by atoms with Crippen molar-refractivity contribution in [3.63, 3.8) is 0 Å². The molecule has 1 heterocycles. The number of para-hydroxylation sites is 2. The number of piperazine rings is 1. The summed E-state index contributed by atoms with van der Waals surface area (Å²) in [6.07, 6.45) is -4.76. The molecule has 1 aliphatic heterocycles. The zero-order valence-corrected chi connectivity index (χ0v) is 14.4. The van der Waals surface area contributed by atoms with Gasteiger partial charge in [-0.2, -0.15) is 0 Å². The number of anilines is 1. The number of nitrogens with one attached hydrogen (secondary N) is 1. The van der Waals surface area contributed by atoms with Crippen LogP contribution in [0.4, 0.5) is 18.9 Å². The summed E-state index contributed by atoms with van der Waals surface area (Å²) in [4.78, 5) is 8.82. The lowest BCUT2D eigenvalue weighted by Gasteiger charge is -2.35. The van der Waals surface area contributed by atoms with Crippen LogP contribution >= 0.6 is 0 Å². The number of hydrogen-bond donors (Lipinski definition) is 2. The molecular formula is C16H24F3N5O. The van der Waals surface area contributed by atoms with E-state index in [4.69, 9.17) is 5.73 Å². The van der Waals surface area contributed by atoms with E-state index in [9.17, 15) is 13.2 Å². The molecule has 6 nitrogen and oxygen atoms in total. The SMILES string of the molecule is CC(CN=C(N)Nc1ccccc1OC(F)(F)F)N1CCN(C)CC1. The van der Waals surface area contributed by atoms with Crippen molar-refractivity contribution in [3.05, 3.63) is 24.3 Å². The molecule has 0 radical (unpaired) electrons. The van der Waals surface area contributed by atoms with Crippen LogP contribution in [0.15, 0.2) is 29.3 Å². The summed E-state index contributed by atoms with van der Waals surface area (Å²) in [6, 6.07) is 5.92. The third kappa shape index (κ3) is 6.43. The second kappa shape index (κ2) is 8.39. The summed E-state index contributed by atoms with van der Waals surface area (Å²) in [6.45, 7) is 6.45. The predicted octanol–water partition coefficient (Wildman–Crippen LogP) is 1.95. The summed E-state index contributed by atoms with van der Waals surface area (Å²) in [5.74, 6) is -0.292. The molecule has 0 amide bonds. The van der Waals surface area contributed by atoms with Gasteiger partial charge in [0.2, 0.25) is 0 Å². The van der Waals surface area contributed by atoms with Gasteiger partial charge in [-0.1, -0.05) is 12.1 Å². The monoisotopic (exact) mass is 359 g/mol. The Balaban J connectivity index is 1.93. The zero-order chi connectivity index (χ0) is 18.4. The maximum atomic E-state index is 12.4. The van der Waals surface area contributed by atoms with Gasteiger partial charge >= 0.3 is 6.36 Å². The molecule has 0 saturated carbocycles. The average molecular weight is 359 g/mol. The second-order valence-corrected chi connectivity index (χ2v) is 6.08. The Morgan fingerprint density at radius 3 is 2.56 bits per heavy atom. The van der Waals surface area contributed by atoms with Gasteiger partial charge in [0.1, 0.15) is 0 Å². The Morgan fingerprint density at radius 2 is 1.92 bits per heavy atom. The van der Waals surface area contributed by atoms with E-state index in [1.54, 1.807) is 6.07 Å². The summed E-state index contributed by atoms with van der Waals surface area (Å²) in [5, 5.41) is 2.67. The van der Waals surface area contributed by atoms with Crippen LogP contribution in [0.3, 0.4) is 0 Å². The minimum Gasteiger partial charge on any atom is -0.404 e. The maximum absolute atomic E-state index is 12.4. The van der Waals surface area contributed by atoms with Crippen molar-refractivity contribution in [1.29, 1.82) is 0 Å². The lowest BCUT2D eigenvalue weighted by atomic mass is 10.2. The van der Waals surface area contributed by atoms with Crippen LogP contribution in [0, 0.1) is 0 Å². The van der Waals surface area contributed by atoms with Gasteiger partial charge in [-0.25, -0.2) is 0 Å². The summed E-state index contributed by atoms with van der Waals surface area (Å²) in [5.41, 5.74) is 5.93. The highest BCUT2D eigenvalue weighted by Crippen LogP contribution is 2.29. The van der Waals surface area contributed by atoms with Crippen molar-refractivity contribution in [2.45, 2.75) is 19.3 Å². The average Bonchev–Trinajstić information content (AvgIpc) is 2.54. The van der Waals surface area contributed by atoms with Gasteiger partial charge in [0, 0.05) is 32.2 Å². The van der Waals surface area contributed by atoms with Gasteiger partial charge in [0.15, 0.2) is 11.7 Å². The minimum absolute atomic E-state index is 0.0548. The van der Waals surface area contributed by atoms with Crippen molar-refractivity contribution in [1.82, 2.24) is 9.80 Å². The van der Waals surface area contributed by atoms with Crippen molar-refractivity contribution in [2.24, 2.45) is 10.7 Å². The molecule has 1 atom stereocenters. The standard InChI is InChI=1S/C16H24F3N5O/c1-12(24-9-7-23(2)8-10-24)11-21-15(20)22-13-5-3-4-6-14(13)25-16(17,18)19/h3-6,12H,7-11H2,1-2H3,(H3,20,21,22). The zero-order valence-electron chi connectivity index (χ0n) is 14.4. The molecular weight excluding hydrogens is 335 g/mol. The smallest absolute Gasteiger partial charge is 0.404 e. The van der Waals surface area contributed by atoms with E-state index in [2.05, 4.69) is 38.8 Å². The highest BCUT2D eigenvalue weighted by Gasteiger charge is 2.32. The Morgan fingerprint density at radius 1 is 1.28 bits per heavy atom. The predicted molar refractivity (Wildman–Crippen MR) is 91.8 cm³/mol. The first kappa shape index (κ1) is 19.3. The maximum Gasteiger partial charge on any atom is 0.573 e. The van der Waals surface area contributed by atoms with E-state index in [1.165, 1.54) is 18.2 Å². The molecule has 0 spiro atoms. The van der Waals surface area contributed by atoms with E-state index in [-0.39, 0.29) is 23.4 Å².